The number of nitrogens with two attached hydrogens (primary N) is 1. The van der Waals surface area contributed by atoms with Gasteiger partial charge in [-0.1, -0.05) is 0 Å². The smallest absolute Gasteiger partial charge is 0.231 e. The lowest BCUT2D eigenvalue weighted by Crippen LogP contribution is -2.12. The van der Waals surface area contributed by atoms with Gasteiger partial charge < -0.3 is 10.3 Å². The lowest BCUT2D eigenvalue weighted by Gasteiger charge is -1.88. The third kappa shape index (κ3) is 0.526. The molecule has 2 rings (SSSR count). The topological polar surface area (TPSA) is 56.2 Å². The number of amidine groups is 1. The molecule has 0 amide bonds. The molecule has 4 nitrogen and oxygen atoms in total. The van der Waals surface area contributed by atoms with Gasteiger partial charge in [0.05, 0.1) is 6.54 Å². The maximum Gasteiger partial charge on any atom is 0.231 e. The van der Waals surface area contributed by atoms with Crippen molar-refractivity contribution < 1.29 is 0 Å². The summed E-state index contributed by atoms with van der Waals surface area (Å²) in [6, 6.07) is 0. The predicted octanol–water partition coefficient (Wildman–Crippen LogP) is -0.115. The molecule has 0 aliphatic carbocycles. The summed E-state index contributed by atoms with van der Waals surface area (Å²) in [5.74, 6) is 1.35. The number of hydrogen-bond donors (Lipinski definition) is 1. The number of aromatic nitrogens is 2. The van der Waals surface area contributed by atoms with Crippen LogP contribution in [0.4, 0.5) is 5.95 Å². The van der Waals surface area contributed by atoms with E-state index < -0.39 is 0 Å². The molecule has 2 heterocycles. The minimum atomic E-state index is 0.637. The highest BCUT2D eigenvalue weighted by atomic mass is 15.2. The van der Waals surface area contributed by atoms with Crippen LogP contribution in [0, 0.1) is 0 Å². The maximum atomic E-state index is 5.42. The van der Waals surface area contributed by atoms with Gasteiger partial charge in [0, 0.05) is 12.4 Å². The highest BCUT2D eigenvalue weighted by Crippen LogP contribution is 2.13. The Balaban J connectivity index is 2.55. The van der Waals surface area contributed by atoms with Gasteiger partial charge in [-0.15, -0.1) is 0 Å². The van der Waals surface area contributed by atoms with Gasteiger partial charge in [0.15, 0.2) is 0 Å². The Labute approximate surface area is 52.0 Å². The molecule has 0 fully saturated rings. The van der Waals surface area contributed by atoms with Gasteiger partial charge in [0.2, 0.25) is 5.95 Å². The van der Waals surface area contributed by atoms with Gasteiger partial charge in [-0.05, 0) is 0 Å². The summed E-state index contributed by atoms with van der Waals surface area (Å²) in [5, 5.41) is 0. The number of aliphatic imine (C=N–C) groups is 1. The average Bonchev–Trinajstić information content (AvgIpc) is 2.22. The van der Waals surface area contributed by atoms with E-state index in [1.54, 1.807) is 6.20 Å². The van der Waals surface area contributed by atoms with Gasteiger partial charge in [-0.2, -0.15) is 4.99 Å². The number of hydrogen-bond acceptors (Lipinski definition) is 3. The van der Waals surface area contributed by atoms with Gasteiger partial charge in [-0.3, -0.25) is 0 Å². The van der Waals surface area contributed by atoms with E-state index in [1.807, 2.05) is 10.8 Å². The molecule has 0 saturated carbocycles. The van der Waals surface area contributed by atoms with Crippen LogP contribution in [0.1, 0.15) is 0 Å². The molecule has 0 aromatic carbocycles. The minimum absolute atomic E-state index is 0.637. The van der Waals surface area contributed by atoms with Crippen LogP contribution in [0.5, 0.6) is 0 Å². The van der Waals surface area contributed by atoms with E-state index in [-0.39, 0.29) is 0 Å². The zero-order chi connectivity index (χ0) is 6.27. The first-order valence-electron chi connectivity index (χ1n) is 2.70. The summed E-state index contributed by atoms with van der Waals surface area (Å²) in [5.41, 5.74) is 5.42. The van der Waals surface area contributed by atoms with Crippen LogP contribution in [-0.4, -0.2) is 15.4 Å². The molecule has 1 aliphatic rings. The minimum Gasteiger partial charge on any atom is -0.386 e. The molecule has 9 heavy (non-hydrogen) atoms. The second-order valence-electron chi connectivity index (χ2n) is 1.96. The van der Waals surface area contributed by atoms with Gasteiger partial charge in [-0.25, -0.2) is 4.98 Å². The first kappa shape index (κ1) is 4.55. The van der Waals surface area contributed by atoms with Crippen LogP contribution in [0.25, 0.3) is 0 Å². The van der Waals surface area contributed by atoms with Crippen molar-refractivity contribution in [2.24, 2.45) is 10.7 Å². The van der Waals surface area contributed by atoms with E-state index in [0.29, 0.717) is 18.3 Å². The molecule has 0 spiro atoms. The summed E-state index contributed by atoms with van der Waals surface area (Å²) in [6.07, 6.45) is 3.57. The fourth-order valence-electron chi connectivity index (χ4n) is 0.876. The highest BCUT2D eigenvalue weighted by Gasteiger charge is 2.09. The third-order valence-corrected chi connectivity index (χ3v) is 1.27. The number of fused-ring (bicyclic) bond motifs is 1. The SMILES string of the molecule is NC1=Nc2nccn2C1. The van der Waals surface area contributed by atoms with Crippen molar-refractivity contribution in [3.63, 3.8) is 0 Å². The quantitative estimate of drug-likeness (QED) is 0.521. The first-order chi connectivity index (χ1) is 4.36. The van der Waals surface area contributed by atoms with E-state index >= 15 is 0 Å². The molecule has 1 aromatic heterocycles. The molecular weight excluding hydrogens is 116 g/mol. The molecule has 0 saturated heterocycles. The summed E-state index contributed by atoms with van der Waals surface area (Å²) in [6.45, 7) is 0.690. The lowest BCUT2D eigenvalue weighted by atomic mass is 10.6. The van der Waals surface area contributed by atoms with E-state index in [9.17, 15) is 0 Å². The van der Waals surface area contributed by atoms with Crippen molar-refractivity contribution in [2.45, 2.75) is 6.54 Å². The van der Waals surface area contributed by atoms with Crippen LogP contribution >= 0.6 is 0 Å². The van der Waals surface area contributed by atoms with Crippen LogP contribution in [0.15, 0.2) is 17.4 Å². The Morgan fingerprint density at radius 3 is 3.33 bits per heavy atom. The maximum absolute atomic E-state index is 5.42. The normalized spacial score (nSPS) is 15.3. The molecule has 4 heteroatoms. The van der Waals surface area contributed by atoms with Crippen molar-refractivity contribution in [1.29, 1.82) is 0 Å². The molecule has 0 bridgehead atoms. The molecule has 1 aliphatic heterocycles. The van der Waals surface area contributed by atoms with Crippen molar-refractivity contribution in [1.82, 2.24) is 9.55 Å². The molecule has 0 radical (unpaired) electrons. The number of nitrogens with zero attached hydrogens (tertiary/aromatic N) is 3. The van der Waals surface area contributed by atoms with Crippen molar-refractivity contribution in [2.75, 3.05) is 0 Å². The van der Waals surface area contributed by atoms with E-state index in [0.717, 1.165) is 0 Å². The van der Waals surface area contributed by atoms with Gasteiger partial charge in [0.25, 0.3) is 0 Å². The predicted molar refractivity (Wildman–Crippen MR) is 33.5 cm³/mol. The molecule has 0 unspecified atom stereocenters. The van der Waals surface area contributed by atoms with Crippen LogP contribution in [-0.2, 0) is 6.54 Å². The third-order valence-electron chi connectivity index (χ3n) is 1.27. The molecule has 0 atom stereocenters. The Morgan fingerprint density at radius 2 is 2.56 bits per heavy atom. The summed E-state index contributed by atoms with van der Waals surface area (Å²) < 4.78 is 1.90. The van der Waals surface area contributed by atoms with Crippen LogP contribution in [0.3, 0.4) is 0 Å². The molecule has 2 N–H and O–H groups in total. The Hall–Kier alpha value is -1.32. The zero-order valence-corrected chi connectivity index (χ0v) is 4.78. The van der Waals surface area contributed by atoms with E-state index in [4.69, 9.17) is 5.73 Å². The van der Waals surface area contributed by atoms with Crippen molar-refractivity contribution in [3.05, 3.63) is 12.4 Å². The molecule has 46 valence electrons. The standard InChI is InChI=1S/C5H6N4/c6-4-3-9-2-1-7-5(9)8-4/h1-2H,3H2,(H2,6,7,8). The highest BCUT2D eigenvalue weighted by molar-refractivity contribution is 5.84. The Bertz CT molecular complexity index is 260. The monoisotopic (exact) mass is 122 g/mol. The summed E-state index contributed by atoms with van der Waals surface area (Å²) in [7, 11) is 0. The molecular formula is C5H6N4. The van der Waals surface area contributed by atoms with E-state index in [1.165, 1.54) is 0 Å². The fourth-order valence-corrected chi connectivity index (χ4v) is 0.876. The lowest BCUT2D eigenvalue weighted by molar-refractivity contribution is 0.889. The fraction of sp³-hybridized carbons (Fsp3) is 0.200. The van der Waals surface area contributed by atoms with Crippen LogP contribution < -0.4 is 5.73 Å². The second-order valence-corrected chi connectivity index (χ2v) is 1.96. The Kier molecular flexibility index (Phi) is 0.677. The van der Waals surface area contributed by atoms with Crippen molar-refractivity contribution >= 4 is 11.8 Å². The van der Waals surface area contributed by atoms with Gasteiger partial charge >= 0.3 is 0 Å². The van der Waals surface area contributed by atoms with Crippen molar-refractivity contribution in [3.8, 4) is 0 Å². The van der Waals surface area contributed by atoms with Gasteiger partial charge in [0.1, 0.15) is 5.84 Å². The van der Waals surface area contributed by atoms with Crippen LogP contribution in [0.2, 0.25) is 0 Å². The zero-order valence-electron chi connectivity index (χ0n) is 4.78. The van der Waals surface area contributed by atoms with E-state index in [2.05, 4.69) is 9.98 Å². The Morgan fingerprint density at radius 1 is 1.67 bits per heavy atom. The molecule has 1 aromatic rings. The first-order valence-corrected chi connectivity index (χ1v) is 2.70. The number of imidazole rings is 1. The average molecular weight is 122 g/mol. The second kappa shape index (κ2) is 1.34. The summed E-state index contributed by atoms with van der Waals surface area (Å²) >= 11 is 0. The number of rotatable bonds is 0. The summed E-state index contributed by atoms with van der Waals surface area (Å²) in [4.78, 5) is 7.90. The largest absolute Gasteiger partial charge is 0.386 e.